The molecule has 1 amide bonds. The van der Waals surface area contributed by atoms with Gasteiger partial charge in [0.1, 0.15) is 0 Å². The van der Waals surface area contributed by atoms with Crippen molar-refractivity contribution in [3.63, 3.8) is 0 Å². The summed E-state index contributed by atoms with van der Waals surface area (Å²) in [4.78, 5) is 13.9. The molecule has 0 saturated heterocycles. The largest absolute Gasteiger partial charge is 0.336 e. The van der Waals surface area contributed by atoms with Gasteiger partial charge in [0.2, 0.25) is 0 Å². The highest BCUT2D eigenvalue weighted by Crippen LogP contribution is 2.14. The molecule has 0 unspecified atom stereocenters. The minimum atomic E-state index is -0.00708. The van der Waals surface area contributed by atoms with E-state index in [0.29, 0.717) is 12.1 Å². The third kappa shape index (κ3) is 3.44. The number of carbonyl (C=O) groups is 1. The monoisotopic (exact) mass is 321 g/mol. The van der Waals surface area contributed by atoms with Crippen molar-refractivity contribution in [1.82, 2.24) is 14.7 Å². The summed E-state index contributed by atoms with van der Waals surface area (Å²) in [5, 5.41) is 4.38. The summed E-state index contributed by atoms with van der Waals surface area (Å²) in [7, 11) is 1.79. The first-order chi connectivity index (χ1) is 9.10. The van der Waals surface area contributed by atoms with Crippen molar-refractivity contribution in [1.29, 1.82) is 0 Å². The number of hydrogen-bond donors (Lipinski definition) is 0. The molecule has 0 radical (unpaired) electrons. The third-order valence-electron chi connectivity index (χ3n) is 2.84. The number of aryl methyl sites for hydroxylation is 1. The van der Waals surface area contributed by atoms with Crippen LogP contribution in [0, 0.1) is 0 Å². The number of rotatable bonds is 4. The fourth-order valence-electron chi connectivity index (χ4n) is 1.82. The van der Waals surface area contributed by atoms with E-state index in [1.54, 1.807) is 11.9 Å². The van der Waals surface area contributed by atoms with Crippen molar-refractivity contribution in [2.45, 2.75) is 20.0 Å². The van der Waals surface area contributed by atoms with Crippen molar-refractivity contribution >= 4 is 21.8 Å². The summed E-state index contributed by atoms with van der Waals surface area (Å²) in [5.41, 5.74) is 1.57. The maximum absolute atomic E-state index is 12.2. The average Bonchev–Trinajstić information content (AvgIpc) is 2.85. The number of carbonyl (C=O) groups excluding carboxylic acids is 1. The van der Waals surface area contributed by atoms with E-state index in [1.807, 2.05) is 48.1 Å². The quantitative estimate of drug-likeness (QED) is 0.868. The molecule has 0 spiro atoms. The fraction of sp³-hybridized carbons (Fsp3) is 0.286. The van der Waals surface area contributed by atoms with Crippen molar-refractivity contribution in [3.8, 4) is 0 Å². The third-order valence-corrected chi connectivity index (χ3v) is 3.33. The van der Waals surface area contributed by atoms with Crippen molar-refractivity contribution in [3.05, 3.63) is 52.3 Å². The van der Waals surface area contributed by atoms with Crippen LogP contribution >= 0.6 is 15.9 Å². The van der Waals surface area contributed by atoms with Crippen LogP contribution in [-0.4, -0.2) is 27.6 Å². The van der Waals surface area contributed by atoms with E-state index >= 15 is 0 Å². The molecule has 0 N–H and O–H groups in total. The predicted octanol–water partition coefficient (Wildman–Crippen LogP) is 2.94. The van der Waals surface area contributed by atoms with Gasteiger partial charge in [0.15, 0.2) is 0 Å². The van der Waals surface area contributed by atoms with Crippen LogP contribution in [0.5, 0.6) is 0 Å². The van der Waals surface area contributed by atoms with Gasteiger partial charge >= 0.3 is 0 Å². The fourth-order valence-corrected chi connectivity index (χ4v) is 2.22. The van der Waals surface area contributed by atoms with Gasteiger partial charge in [-0.3, -0.25) is 9.48 Å². The number of nitrogens with zero attached hydrogens (tertiary/aromatic N) is 3. The second-order valence-corrected chi connectivity index (χ2v) is 5.25. The zero-order valence-corrected chi connectivity index (χ0v) is 12.6. The molecule has 5 heteroatoms. The predicted molar refractivity (Wildman–Crippen MR) is 77.8 cm³/mol. The van der Waals surface area contributed by atoms with Crippen molar-refractivity contribution in [2.75, 3.05) is 7.05 Å². The van der Waals surface area contributed by atoms with Gasteiger partial charge in [0.25, 0.3) is 5.91 Å². The lowest BCUT2D eigenvalue weighted by Crippen LogP contribution is -2.26. The highest BCUT2D eigenvalue weighted by Gasteiger charge is 2.13. The Morgan fingerprint density at radius 1 is 1.42 bits per heavy atom. The molecule has 2 rings (SSSR count). The summed E-state index contributed by atoms with van der Waals surface area (Å²) in [6.45, 7) is 3.38. The standard InChI is InChI=1S/C14H16BrN3O/c1-3-18-8-7-13(16-18)10-17(2)14(19)11-5-4-6-12(15)9-11/h4-9H,3,10H2,1-2H3. The van der Waals surface area contributed by atoms with Gasteiger partial charge in [0, 0.05) is 29.8 Å². The molecule has 0 aliphatic heterocycles. The number of hydrogen-bond acceptors (Lipinski definition) is 2. The van der Waals surface area contributed by atoms with Gasteiger partial charge in [-0.15, -0.1) is 0 Å². The minimum absolute atomic E-state index is 0.00708. The Morgan fingerprint density at radius 3 is 2.84 bits per heavy atom. The van der Waals surface area contributed by atoms with Crippen LogP contribution in [0.2, 0.25) is 0 Å². The Balaban J connectivity index is 2.07. The lowest BCUT2D eigenvalue weighted by atomic mass is 10.2. The van der Waals surface area contributed by atoms with Crippen molar-refractivity contribution in [2.24, 2.45) is 0 Å². The number of halogens is 1. The smallest absolute Gasteiger partial charge is 0.253 e. The van der Waals surface area contributed by atoms with E-state index in [9.17, 15) is 4.79 Å². The van der Waals surface area contributed by atoms with Crippen LogP contribution in [0.3, 0.4) is 0 Å². The molecule has 0 aliphatic rings. The number of benzene rings is 1. The molecule has 0 saturated carbocycles. The molecule has 0 bridgehead atoms. The summed E-state index contributed by atoms with van der Waals surface area (Å²) >= 11 is 3.37. The van der Waals surface area contributed by atoms with E-state index in [4.69, 9.17) is 0 Å². The molecule has 1 heterocycles. The Kier molecular flexibility index (Phi) is 4.37. The first-order valence-electron chi connectivity index (χ1n) is 6.13. The highest BCUT2D eigenvalue weighted by molar-refractivity contribution is 9.10. The average molecular weight is 322 g/mol. The molecule has 100 valence electrons. The van der Waals surface area contributed by atoms with Crippen LogP contribution < -0.4 is 0 Å². The summed E-state index contributed by atoms with van der Waals surface area (Å²) in [6, 6.07) is 9.34. The molecule has 0 atom stereocenters. The van der Waals surface area contributed by atoms with Gasteiger partial charge in [-0.05, 0) is 31.2 Å². The van der Waals surface area contributed by atoms with Gasteiger partial charge in [-0.1, -0.05) is 22.0 Å². The van der Waals surface area contributed by atoms with E-state index in [-0.39, 0.29) is 5.91 Å². The molecule has 0 aliphatic carbocycles. The Hall–Kier alpha value is -1.62. The Bertz CT molecular complexity index is 580. The van der Waals surface area contributed by atoms with E-state index in [1.165, 1.54) is 0 Å². The first kappa shape index (κ1) is 13.8. The van der Waals surface area contributed by atoms with Gasteiger partial charge < -0.3 is 4.90 Å². The zero-order valence-electron chi connectivity index (χ0n) is 11.0. The maximum Gasteiger partial charge on any atom is 0.253 e. The Labute approximate surface area is 121 Å². The van der Waals surface area contributed by atoms with Crippen LogP contribution in [0.25, 0.3) is 0 Å². The van der Waals surface area contributed by atoms with Gasteiger partial charge in [-0.25, -0.2) is 0 Å². The normalized spacial score (nSPS) is 10.5. The lowest BCUT2D eigenvalue weighted by molar-refractivity contribution is 0.0783. The van der Waals surface area contributed by atoms with Gasteiger partial charge in [-0.2, -0.15) is 5.10 Å². The molecule has 19 heavy (non-hydrogen) atoms. The molecule has 1 aromatic carbocycles. The van der Waals surface area contributed by atoms with Gasteiger partial charge in [0.05, 0.1) is 12.2 Å². The number of aromatic nitrogens is 2. The summed E-state index contributed by atoms with van der Waals surface area (Å²) in [5.74, 6) is -0.00708. The number of amides is 1. The first-order valence-corrected chi connectivity index (χ1v) is 6.93. The summed E-state index contributed by atoms with van der Waals surface area (Å²) < 4.78 is 2.76. The van der Waals surface area contributed by atoms with Crippen LogP contribution in [0.4, 0.5) is 0 Å². The second kappa shape index (κ2) is 6.02. The van der Waals surface area contributed by atoms with Crippen LogP contribution in [0.1, 0.15) is 23.0 Å². The highest BCUT2D eigenvalue weighted by atomic mass is 79.9. The van der Waals surface area contributed by atoms with Crippen molar-refractivity contribution < 1.29 is 4.79 Å². The van der Waals surface area contributed by atoms with E-state index in [2.05, 4.69) is 21.0 Å². The second-order valence-electron chi connectivity index (χ2n) is 4.33. The SMILES string of the molecule is CCn1ccc(CN(C)C(=O)c2cccc(Br)c2)n1. The van der Waals surface area contributed by atoms with E-state index < -0.39 is 0 Å². The lowest BCUT2D eigenvalue weighted by Gasteiger charge is -2.16. The zero-order chi connectivity index (χ0) is 13.8. The molecule has 1 aromatic heterocycles. The van der Waals surface area contributed by atoms with Crippen LogP contribution in [-0.2, 0) is 13.1 Å². The van der Waals surface area contributed by atoms with E-state index in [0.717, 1.165) is 16.7 Å². The maximum atomic E-state index is 12.2. The molecular formula is C14H16BrN3O. The molecular weight excluding hydrogens is 306 g/mol. The topological polar surface area (TPSA) is 38.1 Å². The van der Waals surface area contributed by atoms with Crippen LogP contribution in [0.15, 0.2) is 41.0 Å². The molecule has 0 fully saturated rings. The molecule has 4 nitrogen and oxygen atoms in total. The Morgan fingerprint density at radius 2 is 2.21 bits per heavy atom. The summed E-state index contributed by atoms with van der Waals surface area (Å²) in [6.07, 6.45) is 1.92. The minimum Gasteiger partial charge on any atom is -0.336 e. The molecule has 2 aromatic rings.